The molecule has 130 valence electrons. The third-order valence-electron chi connectivity index (χ3n) is 5.06. The standard InChI is InChI=1S/C17H21F2N3O2/c1-10-16(23)22-8-12(20(2)3)7-13(22)9-21(10)17(24)14-5-4-11(18)6-15(14)19/h4-6,10,12-13H,7-9H2,1-3H3/t10-,12-,13-/m0/s1. The average molecular weight is 337 g/mol. The Balaban J connectivity index is 1.84. The van der Waals surface area contributed by atoms with E-state index in [9.17, 15) is 18.4 Å². The quantitative estimate of drug-likeness (QED) is 0.818. The number of likely N-dealkylation sites (N-methyl/N-ethyl adjacent to an activating group) is 1. The van der Waals surface area contributed by atoms with Crippen molar-refractivity contribution in [1.82, 2.24) is 14.7 Å². The lowest BCUT2D eigenvalue weighted by atomic mass is 10.0. The van der Waals surface area contributed by atoms with Gasteiger partial charge < -0.3 is 14.7 Å². The molecule has 24 heavy (non-hydrogen) atoms. The number of carbonyl (C=O) groups excluding carboxylic acids is 2. The highest BCUT2D eigenvalue weighted by Gasteiger charge is 2.45. The number of rotatable bonds is 2. The number of benzene rings is 1. The summed E-state index contributed by atoms with van der Waals surface area (Å²) in [5.41, 5.74) is -0.202. The molecule has 0 unspecified atom stereocenters. The third kappa shape index (κ3) is 2.77. The number of fused-ring (bicyclic) bond motifs is 1. The van der Waals surface area contributed by atoms with Crippen LogP contribution in [0, 0.1) is 11.6 Å². The molecule has 1 aromatic carbocycles. The summed E-state index contributed by atoms with van der Waals surface area (Å²) >= 11 is 0. The first kappa shape index (κ1) is 16.8. The van der Waals surface area contributed by atoms with E-state index in [2.05, 4.69) is 4.90 Å². The van der Waals surface area contributed by atoms with E-state index in [1.807, 2.05) is 19.0 Å². The number of hydrogen-bond donors (Lipinski definition) is 0. The molecule has 0 saturated carbocycles. The van der Waals surface area contributed by atoms with Crippen LogP contribution in [0.2, 0.25) is 0 Å². The van der Waals surface area contributed by atoms with Crippen LogP contribution in [0.25, 0.3) is 0 Å². The average Bonchev–Trinajstić information content (AvgIpc) is 2.95. The lowest BCUT2D eigenvalue weighted by Gasteiger charge is -2.41. The number of halogens is 2. The van der Waals surface area contributed by atoms with Crippen molar-refractivity contribution in [2.75, 3.05) is 27.2 Å². The van der Waals surface area contributed by atoms with Gasteiger partial charge >= 0.3 is 0 Å². The molecular weight excluding hydrogens is 316 g/mol. The van der Waals surface area contributed by atoms with Crippen LogP contribution >= 0.6 is 0 Å². The van der Waals surface area contributed by atoms with E-state index in [1.165, 1.54) is 4.90 Å². The summed E-state index contributed by atoms with van der Waals surface area (Å²) in [6.07, 6.45) is 0.779. The molecule has 0 spiro atoms. The van der Waals surface area contributed by atoms with Crippen molar-refractivity contribution in [3.63, 3.8) is 0 Å². The topological polar surface area (TPSA) is 43.9 Å². The van der Waals surface area contributed by atoms with Gasteiger partial charge in [-0.1, -0.05) is 0 Å². The van der Waals surface area contributed by atoms with Crippen molar-refractivity contribution in [3.8, 4) is 0 Å². The van der Waals surface area contributed by atoms with Crippen molar-refractivity contribution < 1.29 is 18.4 Å². The van der Waals surface area contributed by atoms with Crippen molar-refractivity contribution in [1.29, 1.82) is 0 Å². The second-order valence-corrected chi connectivity index (χ2v) is 6.76. The molecule has 3 atom stereocenters. The highest BCUT2D eigenvalue weighted by molar-refractivity contribution is 5.98. The minimum absolute atomic E-state index is 0.0615. The zero-order valence-corrected chi connectivity index (χ0v) is 14.0. The Morgan fingerprint density at radius 3 is 2.58 bits per heavy atom. The van der Waals surface area contributed by atoms with Gasteiger partial charge in [0, 0.05) is 25.2 Å². The number of carbonyl (C=O) groups is 2. The Bertz CT molecular complexity index is 680. The lowest BCUT2D eigenvalue weighted by Crippen LogP contribution is -2.60. The predicted octanol–water partition coefficient (Wildman–Crippen LogP) is 1.34. The van der Waals surface area contributed by atoms with Crippen LogP contribution in [0.5, 0.6) is 0 Å². The second-order valence-electron chi connectivity index (χ2n) is 6.76. The van der Waals surface area contributed by atoms with Gasteiger partial charge in [-0.05, 0) is 39.6 Å². The molecule has 1 aromatic rings. The summed E-state index contributed by atoms with van der Waals surface area (Å²) in [4.78, 5) is 30.6. The van der Waals surface area contributed by atoms with Crippen LogP contribution in [0.4, 0.5) is 8.78 Å². The van der Waals surface area contributed by atoms with E-state index in [4.69, 9.17) is 0 Å². The minimum atomic E-state index is -0.903. The van der Waals surface area contributed by atoms with E-state index in [-0.39, 0.29) is 23.6 Å². The number of amides is 2. The second kappa shape index (κ2) is 6.12. The molecule has 5 nitrogen and oxygen atoms in total. The van der Waals surface area contributed by atoms with Crippen molar-refractivity contribution in [2.24, 2.45) is 0 Å². The van der Waals surface area contributed by atoms with Gasteiger partial charge in [0.2, 0.25) is 5.91 Å². The van der Waals surface area contributed by atoms with Crippen LogP contribution in [0.15, 0.2) is 18.2 Å². The maximum Gasteiger partial charge on any atom is 0.257 e. The van der Waals surface area contributed by atoms with Gasteiger partial charge in [0.25, 0.3) is 5.91 Å². The number of nitrogens with zero attached hydrogens (tertiary/aromatic N) is 3. The van der Waals surface area contributed by atoms with E-state index in [1.54, 1.807) is 6.92 Å². The van der Waals surface area contributed by atoms with Gasteiger partial charge in [0.15, 0.2) is 0 Å². The monoisotopic (exact) mass is 337 g/mol. The van der Waals surface area contributed by atoms with Gasteiger partial charge in [-0.3, -0.25) is 9.59 Å². The Morgan fingerprint density at radius 2 is 1.96 bits per heavy atom. The zero-order valence-electron chi connectivity index (χ0n) is 14.0. The van der Waals surface area contributed by atoms with Gasteiger partial charge in [-0.25, -0.2) is 8.78 Å². The fourth-order valence-electron chi connectivity index (χ4n) is 3.54. The molecule has 3 rings (SSSR count). The zero-order chi connectivity index (χ0) is 17.6. The highest BCUT2D eigenvalue weighted by atomic mass is 19.1. The Kier molecular flexibility index (Phi) is 4.29. The lowest BCUT2D eigenvalue weighted by molar-refractivity contribution is -0.141. The van der Waals surface area contributed by atoms with Crippen LogP contribution < -0.4 is 0 Å². The molecule has 0 aromatic heterocycles. The Labute approximate surface area is 139 Å². The van der Waals surface area contributed by atoms with Gasteiger partial charge in [0.05, 0.1) is 11.6 Å². The third-order valence-corrected chi connectivity index (χ3v) is 5.06. The van der Waals surface area contributed by atoms with Crippen molar-refractivity contribution in [2.45, 2.75) is 31.5 Å². The van der Waals surface area contributed by atoms with E-state index in [0.717, 1.165) is 18.6 Å². The molecule has 2 amide bonds. The molecule has 0 bridgehead atoms. The largest absolute Gasteiger partial charge is 0.335 e. The first-order chi connectivity index (χ1) is 11.3. The van der Waals surface area contributed by atoms with Crippen molar-refractivity contribution in [3.05, 3.63) is 35.4 Å². The maximum absolute atomic E-state index is 13.9. The summed E-state index contributed by atoms with van der Waals surface area (Å²) < 4.78 is 27.0. The predicted molar refractivity (Wildman–Crippen MR) is 84.4 cm³/mol. The number of piperazine rings is 1. The van der Waals surface area contributed by atoms with E-state index >= 15 is 0 Å². The van der Waals surface area contributed by atoms with E-state index < -0.39 is 23.6 Å². The summed E-state index contributed by atoms with van der Waals surface area (Å²) in [6, 6.07) is 2.41. The van der Waals surface area contributed by atoms with Crippen molar-refractivity contribution >= 4 is 11.8 Å². The first-order valence-electron chi connectivity index (χ1n) is 8.02. The van der Waals surface area contributed by atoms with Crippen LogP contribution in [-0.4, -0.2) is 71.8 Å². The van der Waals surface area contributed by atoms with Gasteiger partial charge in [-0.2, -0.15) is 0 Å². The molecular formula is C17H21F2N3O2. The molecule has 0 aliphatic carbocycles. The molecule has 2 aliphatic rings. The summed E-state index contributed by atoms with van der Waals surface area (Å²) in [6.45, 7) is 2.67. The molecule has 7 heteroatoms. The highest BCUT2D eigenvalue weighted by Crippen LogP contribution is 2.29. The fourth-order valence-corrected chi connectivity index (χ4v) is 3.54. The molecule has 0 radical (unpaired) electrons. The normalized spacial score (nSPS) is 26.9. The molecule has 2 saturated heterocycles. The maximum atomic E-state index is 13.9. The Morgan fingerprint density at radius 1 is 1.25 bits per heavy atom. The van der Waals surface area contributed by atoms with Gasteiger partial charge in [-0.15, -0.1) is 0 Å². The Hall–Kier alpha value is -2.02. The van der Waals surface area contributed by atoms with Gasteiger partial charge in [0.1, 0.15) is 17.7 Å². The van der Waals surface area contributed by atoms with Crippen LogP contribution in [0.3, 0.4) is 0 Å². The van der Waals surface area contributed by atoms with E-state index in [0.29, 0.717) is 19.2 Å². The fraction of sp³-hybridized carbons (Fsp3) is 0.529. The molecule has 0 N–H and O–H groups in total. The summed E-state index contributed by atoms with van der Waals surface area (Å²) in [5.74, 6) is -2.32. The summed E-state index contributed by atoms with van der Waals surface area (Å²) in [5, 5.41) is 0. The SMILES string of the molecule is C[C@H]1C(=O)N2C[C@@H](N(C)C)C[C@H]2CN1C(=O)c1ccc(F)cc1F. The molecule has 2 heterocycles. The van der Waals surface area contributed by atoms with Crippen LogP contribution in [0.1, 0.15) is 23.7 Å². The smallest absolute Gasteiger partial charge is 0.257 e. The van der Waals surface area contributed by atoms with Crippen LogP contribution in [-0.2, 0) is 4.79 Å². The molecule has 2 fully saturated rings. The summed E-state index contributed by atoms with van der Waals surface area (Å²) in [7, 11) is 3.93. The first-order valence-corrected chi connectivity index (χ1v) is 8.02. The molecule has 2 aliphatic heterocycles. The minimum Gasteiger partial charge on any atom is -0.335 e. The number of hydrogen-bond acceptors (Lipinski definition) is 3.